The highest BCUT2D eigenvalue weighted by Crippen LogP contribution is 2.28. The van der Waals surface area contributed by atoms with Gasteiger partial charge < -0.3 is 25.7 Å². The van der Waals surface area contributed by atoms with E-state index in [1.54, 1.807) is 24.3 Å². The van der Waals surface area contributed by atoms with Crippen molar-refractivity contribution in [2.45, 2.75) is 136 Å². The summed E-state index contributed by atoms with van der Waals surface area (Å²) >= 11 is 1.15. The standard InChI is InChI=1S/C45H66N6O8S/c1-7-30(4)40(48-42(56)35-19-13-16-23-50(35)22-14-8-9-15-24-51-38(53)20-21-39(51)54)44(57)49(6)36(29(2)3)27-37(52)43-47-34(28-60-43)41(55)46-33(25-31(5)45(58)59)26-32-17-11-10-12-18-32/h10-12,17-18,20-21,28-31,33,35-37,40,52H,7-9,13-16,19,22-27H2,1-6H3,(H,46,55)(H,48,56)(H,58,59)/t30-,31-,33+,35?,36+,37+,40-/m0/s1. The van der Waals surface area contributed by atoms with Crippen LogP contribution >= 0.6 is 11.3 Å². The van der Waals surface area contributed by atoms with Crippen molar-refractivity contribution in [2.24, 2.45) is 17.8 Å². The molecule has 1 aromatic heterocycles. The molecule has 330 valence electrons. The van der Waals surface area contributed by atoms with Gasteiger partial charge in [0.1, 0.15) is 22.8 Å². The van der Waals surface area contributed by atoms with Gasteiger partial charge in [0.2, 0.25) is 11.8 Å². The van der Waals surface area contributed by atoms with Gasteiger partial charge in [0.05, 0.1) is 12.0 Å². The number of nitrogens with one attached hydrogen (secondary N) is 2. The lowest BCUT2D eigenvalue weighted by molar-refractivity contribution is -0.141. The summed E-state index contributed by atoms with van der Waals surface area (Å²) in [5.41, 5.74) is 1.09. The molecule has 60 heavy (non-hydrogen) atoms. The molecule has 2 aliphatic heterocycles. The first kappa shape index (κ1) is 48.2. The maximum absolute atomic E-state index is 14.3. The second-order valence-electron chi connectivity index (χ2n) is 16.9. The number of carboxylic acid groups (broad SMARTS) is 1. The van der Waals surface area contributed by atoms with Crippen LogP contribution in [0.15, 0.2) is 47.9 Å². The number of aliphatic hydroxyl groups excluding tert-OH is 1. The second kappa shape index (κ2) is 23.5. The normalized spacial score (nSPS) is 18.8. The molecule has 0 spiro atoms. The van der Waals surface area contributed by atoms with E-state index in [0.29, 0.717) is 30.8 Å². The number of likely N-dealkylation sites (N-methyl/N-ethyl adjacent to an activating group) is 1. The molecule has 0 saturated carbocycles. The average molecular weight is 851 g/mol. The maximum Gasteiger partial charge on any atom is 0.306 e. The molecule has 2 aromatic rings. The van der Waals surface area contributed by atoms with Gasteiger partial charge in [0, 0.05) is 49.6 Å². The van der Waals surface area contributed by atoms with E-state index in [4.69, 9.17) is 0 Å². The highest BCUT2D eigenvalue weighted by Gasteiger charge is 2.37. The van der Waals surface area contributed by atoms with Crippen LogP contribution in [-0.4, -0.2) is 116 Å². The Morgan fingerprint density at radius 2 is 1.60 bits per heavy atom. The minimum absolute atomic E-state index is 0.0542. The summed E-state index contributed by atoms with van der Waals surface area (Å²) in [5.74, 6) is -3.17. The number of piperidine rings is 1. The van der Waals surface area contributed by atoms with Gasteiger partial charge >= 0.3 is 5.97 Å². The number of aliphatic hydroxyl groups is 1. The number of unbranched alkanes of at least 4 members (excludes halogenated alkanes) is 3. The fourth-order valence-electron chi connectivity index (χ4n) is 8.09. The lowest BCUT2D eigenvalue weighted by Gasteiger charge is -2.38. The summed E-state index contributed by atoms with van der Waals surface area (Å²) in [6.07, 6.45) is 9.08. The third-order valence-corrected chi connectivity index (χ3v) is 13.0. The molecule has 15 heteroatoms. The fraction of sp³-hybridized carbons (Fsp3) is 0.622. The number of aliphatic carboxylic acids is 1. The predicted octanol–water partition coefficient (Wildman–Crippen LogP) is 5.37. The van der Waals surface area contributed by atoms with E-state index < -0.39 is 42.0 Å². The van der Waals surface area contributed by atoms with Crippen LogP contribution < -0.4 is 10.6 Å². The summed E-state index contributed by atoms with van der Waals surface area (Å²) in [6.45, 7) is 11.5. The van der Waals surface area contributed by atoms with E-state index >= 15 is 0 Å². The minimum Gasteiger partial charge on any atom is -0.481 e. The van der Waals surface area contributed by atoms with Crippen molar-refractivity contribution in [3.8, 4) is 0 Å². The molecule has 4 rings (SSSR count). The van der Waals surface area contributed by atoms with E-state index in [1.807, 2.05) is 58.0 Å². The van der Waals surface area contributed by atoms with Crippen molar-refractivity contribution in [2.75, 3.05) is 26.7 Å². The van der Waals surface area contributed by atoms with Crippen LogP contribution in [0.4, 0.5) is 0 Å². The number of nitrogens with zero attached hydrogens (tertiary/aromatic N) is 4. The highest BCUT2D eigenvalue weighted by molar-refractivity contribution is 7.09. The smallest absolute Gasteiger partial charge is 0.306 e. The minimum atomic E-state index is -1.07. The van der Waals surface area contributed by atoms with Gasteiger partial charge in [-0.3, -0.25) is 38.6 Å². The topological polar surface area (TPSA) is 190 Å². The zero-order valence-electron chi connectivity index (χ0n) is 36.2. The lowest BCUT2D eigenvalue weighted by Crippen LogP contribution is -2.58. The molecule has 5 amide bonds. The summed E-state index contributed by atoms with van der Waals surface area (Å²) in [5, 5.41) is 29.0. The molecule has 14 nitrogen and oxygen atoms in total. The van der Waals surface area contributed by atoms with E-state index in [9.17, 15) is 39.0 Å². The summed E-state index contributed by atoms with van der Waals surface area (Å²) in [6, 6.07) is 7.57. The number of carbonyl (C=O) groups is 6. The number of amides is 5. The van der Waals surface area contributed by atoms with E-state index in [0.717, 1.165) is 68.5 Å². The first-order chi connectivity index (χ1) is 28.6. The number of carboxylic acids is 1. The average Bonchev–Trinajstić information content (AvgIpc) is 3.86. The van der Waals surface area contributed by atoms with Crippen molar-refractivity contribution in [1.82, 2.24) is 30.3 Å². The molecule has 0 bridgehead atoms. The van der Waals surface area contributed by atoms with Crippen LogP contribution in [0.5, 0.6) is 0 Å². The molecule has 2 aliphatic rings. The molecule has 1 fully saturated rings. The quantitative estimate of drug-likeness (QED) is 0.0790. The Morgan fingerprint density at radius 3 is 2.23 bits per heavy atom. The van der Waals surface area contributed by atoms with Crippen molar-refractivity contribution in [3.05, 3.63) is 64.1 Å². The van der Waals surface area contributed by atoms with E-state index in [-0.39, 0.29) is 60.0 Å². The largest absolute Gasteiger partial charge is 0.481 e. The van der Waals surface area contributed by atoms with Gasteiger partial charge in [0.15, 0.2) is 0 Å². The number of rotatable bonds is 24. The maximum atomic E-state index is 14.3. The van der Waals surface area contributed by atoms with E-state index in [2.05, 4.69) is 20.5 Å². The molecule has 0 radical (unpaired) electrons. The zero-order chi connectivity index (χ0) is 43.9. The van der Waals surface area contributed by atoms with Crippen molar-refractivity contribution >= 4 is 46.8 Å². The van der Waals surface area contributed by atoms with Gasteiger partial charge in [-0.2, -0.15) is 0 Å². The van der Waals surface area contributed by atoms with Crippen LogP contribution in [-0.2, 0) is 30.4 Å². The summed E-state index contributed by atoms with van der Waals surface area (Å²) < 4.78 is 0. The van der Waals surface area contributed by atoms with Crippen LogP contribution in [0.1, 0.15) is 126 Å². The Morgan fingerprint density at radius 1 is 0.933 bits per heavy atom. The molecule has 0 aliphatic carbocycles. The Hall–Kier alpha value is -4.47. The van der Waals surface area contributed by atoms with Crippen LogP contribution in [0.25, 0.3) is 0 Å². The first-order valence-electron chi connectivity index (χ1n) is 21.7. The van der Waals surface area contributed by atoms with Crippen LogP contribution in [0.3, 0.4) is 0 Å². The molecule has 7 atom stereocenters. The molecular weight excluding hydrogens is 785 g/mol. The summed E-state index contributed by atoms with van der Waals surface area (Å²) in [7, 11) is 1.71. The lowest BCUT2D eigenvalue weighted by atomic mass is 9.92. The zero-order valence-corrected chi connectivity index (χ0v) is 37.0. The summed E-state index contributed by atoms with van der Waals surface area (Å²) in [4.78, 5) is 86.6. The number of imide groups is 1. The number of thiazole rings is 1. The molecule has 1 unspecified atom stereocenters. The molecular formula is C45H66N6O8S. The van der Waals surface area contributed by atoms with Crippen molar-refractivity contribution in [3.63, 3.8) is 0 Å². The van der Waals surface area contributed by atoms with Gasteiger partial charge in [-0.15, -0.1) is 11.3 Å². The Bertz CT molecular complexity index is 1770. The van der Waals surface area contributed by atoms with Crippen LogP contribution in [0.2, 0.25) is 0 Å². The van der Waals surface area contributed by atoms with E-state index in [1.165, 1.54) is 17.1 Å². The fourth-order valence-corrected chi connectivity index (χ4v) is 8.89. The number of likely N-dealkylation sites (tertiary alicyclic amines) is 1. The second-order valence-corrected chi connectivity index (χ2v) is 17.8. The molecule has 3 heterocycles. The van der Waals surface area contributed by atoms with Gasteiger partial charge in [0.25, 0.3) is 17.7 Å². The molecule has 4 N–H and O–H groups in total. The van der Waals surface area contributed by atoms with Crippen LogP contribution in [0, 0.1) is 17.8 Å². The third kappa shape index (κ3) is 13.8. The number of hydrogen-bond acceptors (Lipinski definition) is 10. The molecule has 1 saturated heterocycles. The van der Waals surface area contributed by atoms with Crippen molar-refractivity contribution < 1.29 is 39.0 Å². The highest BCUT2D eigenvalue weighted by atomic mass is 32.1. The van der Waals surface area contributed by atoms with Crippen molar-refractivity contribution in [1.29, 1.82) is 0 Å². The first-order valence-corrected chi connectivity index (χ1v) is 22.5. The molecule has 1 aromatic carbocycles. The van der Waals surface area contributed by atoms with Gasteiger partial charge in [-0.05, 0) is 69.0 Å². The van der Waals surface area contributed by atoms with Gasteiger partial charge in [-0.1, -0.05) is 90.6 Å². The van der Waals surface area contributed by atoms with Gasteiger partial charge in [-0.25, -0.2) is 4.98 Å². The Labute approximate surface area is 359 Å². The number of carbonyl (C=O) groups excluding carboxylic acids is 5. The SMILES string of the molecule is CC[C@H](C)[C@H](NC(=O)C1CCCCN1CCCCCCN1C(=O)C=CC1=O)C(=O)N(C)[C@H](C[C@@H](O)c1nc(C(=O)N[C@@H](Cc2ccccc2)C[C@H](C)C(=O)O)cs1)C(C)C. The Balaban J connectivity index is 1.35. The number of benzene rings is 1. The Kier molecular flexibility index (Phi) is 18.9. The monoisotopic (exact) mass is 850 g/mol. The predicted molar refractivity (Wildman–Crippen MR) is 231 cm³/mol. The third-order valence-electron chi connectivity index (χ3n) is 12.0. The number of hydrogen-bond donors (Lipinski definition) is 4. The number of aromatic nitrogens is 1.